The Balaban J connectivity index is 1.11. The highest BCUT2D eigenvalue weighted by molar-refractivity contribution is 6.68. The zero-order valence-electron chi connectivity index (χ0n) is 60.6. The Kier molecular flexibility index (Phi) is 31.7. The van der Waals surface area contributed by atoms with Gasteiger partial charge in [-0.05, 0) is 49.0 Å². The maximum Gasteiger partial charge on any atom is 0.407 e. The van der Waals surface area contributed by atoms with Crippen molar-refractivity contribution in [2.45, 2.75) is 279 Å². The van der Waals surface area contributed by atoms with Crippen molar-refractivity contribution in [3.05, 3.63) is 46.3 Å². The lowest BCUT2D eigenvalue weighted by atomic mass is 9.81. The van der Waals surface area contributed by atoms with E-state index in [4.69, 9.17) is 160 Å². The van der Waals surface area contributed by atoms with Gasteiger partial charge >= 0.3 is 24.1 Å². The molecule has 1 aromatic carbocycles. The van der Waals surface area contributed by atoms with Crippen LogP contribution in [0, 0.1) is 47.3 Å². The second-order valence-electron chi connectivity index (χ2n) is 27.8. The minimum absolute atomic E-state index is 0.0283. The van der Waals surface area contributed by atoms with Crippen LogP contribution in [0.2, 0.25) is 0 Å². The van der Waals surface area contributed by atoms with Gasteiger partial charge in [0.15, 0.2) is 50.1 Å². The number of fused-ring (bicyclic) bond motifs is 1. The molecule has 0 bridgehead atoms. The molecule has 3 amide bonds. The normalized spacial score (nSPS) is 40.0. The number of alkyl carbamates (subject to hydrolysis) is 2. The molecule has 7 saturated heterocycles. The van der Waals surface area contributed by atoms with E-state index in [9.17, 15) is 24.0 Å². The quantitative estimate of drug-likeness (QED) is 0.0194. The fourth-order valence-corrected chi connectivity index (χ4v) is 15.1. The third kappa shape index (κ3) is 22.2. The number of hydrogen-bond donors (Lipinski definition) is 3. The van der Waals surface area contributed by atoms with Crippen LogP contribution < -0.4 is 16.0 Å². The average molecular weight is 1580 g/mol. The highest BCUT2D eigenvalue weighted by atomic mass is 35.6. The summed E-state index contributed by atoms with van der Waals surface area (Å²) in [5.74, 6) is -4.88. The number of esters is 2. The molecule has 3 N–H and O–H groups in total. The highest BCUT2D eigenvalue weighted by Crippen LogP contribution is 2.46. The molecule has 13 unspecified atom stereocenters. The third-order valence-corrected chi connectivity index (χ3v) is 21.4. The molecule has 1 aromatic rings. The van der Waals surface area contributed by atoms with Crippen LogP contribution in [0.4, 0.5) is 9.59 Å². The Morgan fingerprint density at radius 2 is 0.942 bits per heavy atom. The molecule has 0 aromatic heterocycles. The second-order valence-corrected chi connectivity index (χ2v) is 32.8. The Hall–Kier alpha value is -3.34. The lowest BCUT2D eigenvalue weighted by Gasteiger charge is -2.54. The minimum Gasteiger partial charge on any atom is -0.463 e. The van der Waals surface area contributed by atoms with Crippen molar-refractivity contribution >= 4 is 99.6 Å². The number of azide groups is 1. The third-order valence-electron chi connectivity index (χ3n) is 20.7. The molecule has 0 saturated carbocycles. The fourth-order valence-electron chi connectivity index (χ4n) is 14.7. The van der Waals surface area contributed by atoms with Crippen LogP contribution in [0.3, 0.4) is 0 Å². The number of amides is 3. The fraction of sp³-hybridized carbons (Fsp3) is 0.838. The van der Waals surface area contributed by atoms with E-state index in [0.29, 0.717) is 25.7 Å². The van der Waals surface area contributed by atoms with E-state index in [-0.39, 0.29) is 48.9 Å². The van der Waals surface area contributed by atoms with E-state index in [2.05, 4.69) is 39.8 Å². The maximum absolute atomic E-state index is 14.0. The summed E-state index contributed by atoms with van der Waals surface area (Å²) in [6.45, 7) is 25.5. The van der Waals surface area contributed by atoms with Gasteiger partial charge in [-0.25, -0.2) is 9.59 Å². The number of rotatable bonds is 26. The van der Waals surface area contributed by atoms with Crippen LogP contribution in [0.25, 0.3) is 10.4 Å². The predicted molar refractivity (Wildman–Crippen MR) is 373 cm³/mol. The number of ether oxygens (including phenoxy) is 18. The summed E-state index contributed by atoms with van der Waals surface area (Å²) >= 11 is 36.0. The number of alkyl halides is 6. The van der Waals surface area contributed by atoms with E-state index >= 15 is 0 Å². The van der Waals surface area contributed by atoms with Gasteiger partial charge in [-0.1, -0.05) is 188 Å². The molecule has 7 aliphatic heterocycles. The molecule has 31 atom stereocenters. The summed E-state index contributed by atoms with van der Waals surface area (Å²) in [7, 11) is 0. The molecule has 8 rings (SSSR count). The standard InChI is InChI=1S/C68H102Cl6N6O23/c1-16-42-30(5)32(7)56(102-61-49(77-38(13)81)35(10)53(45(19-4)94-61)100-63-55(91-40(15)83)33(8)31(6)46(96-63)25-86-39(14)82)64(92-42)101-54-37(12)58(97-47-26-87-59(103-57(47)54)41-23-21-20-22-24-41)98-51-36(11)50(79-66(85)89-28-68(72,73)74)62(95-44(51)18-3)99-52-34(9)48(78-65(84)88-27-67(69,70)71)60(90-29-76-80-75)93-43(52)17-2/h20-24,30-37,42-64H,16-19,25-29H2,1-15H3,(H,77,81)(H,78,84)(H,79,85)/t30-,31+,32-,33-,34-,35+,36+,37?,42?,43?,44?,45?,46?,47?,48?,49?,50?,51-,52-,53-,54+,55?,56?,57+,58-,59?,60+,61-,62-,63-,64+/m0/s1. The van der Waals surface area contributed by atoms with Crippen molar-refractivity contribution in [3.63, 3.8) is 0 Å². The van der Waals surface area contributed by atoms with Gasteiger partial charge in [-0.2, -0.15) is 0 Å². The first-order valence-electron chi connectivity index (χ1n) is 35.4. The monoisotopic (exact) mass is 1580 g/mol. The SMILES string of the molecule is CCC1O[C@H](O[C@@H]2C(C)[C@H](O[C@@H]3C(CC)O[C@@H](O[C@@H]4C(CC)O[C@@H](OCN=[N+]=[N-])C(NC(=O)OCC(Cl)(Cl)Cl)[C@@H]4C)C(NC(=O)OCC(Cl)(Cl)Cl)[C@H]3C)OC3COC(c4ccccc4)O[C@H]32)C(O[C@@H]2OC(CC)[C@@H](O[C@@H]3OC(COC(C)=O)[C@H](C)[C@H](C)C3OC(C)=O)[C@H](C)C2NC(C)=O)[C@@H](C)[C@@H]1C. The van der Waals surface area contributed by atoms with Crippen molar-refractivity contribution < 1.29 is 109 Å². The molecule has 0 aliphatic carbocycles. The Morgan fingerprint density at radius 1 is 0.495 bits per heavy atom. The molecule has 103 heavy (non-hydrogen) atoms. The number of carbonyl (C=O) groups excluding carboxylic acids is 5. The van der Waals surface area contributed by atoms with Crippen LogP contribution in [0.15, 0.2) is 35.4 Å². The number of nitrogens with one attached hydrogen (secondary N) is 3. The molecule has 584 valence electrons. The molecule has 7 heterocycles. The van der Waals surface area contributed by atoms with Crippen LogP contribution in [-0.2, 0) is 99.6 Å². The summed E-state index contributed by atoms with van der Waals surface area (Å²) in [5, 5.41) is 12.2. The minimum atomic E-state index is -1.98. The average Bonchev–Trinajstić information content (AvgIpc) is 0.759. The van der Waals surface area contributed by atoms with Gasteiger partial charge in [0.1, 0.15) is 44.9 Å². The molecular weight excluding hydrogens is 1480 g/mol. The first-order valence-corrected chi connectivity index (χ1v) is 37.7. The zero-order chi connectivity index (χ0) is 75.5. The van der Waals surface area contributed by atoms with Crippen molar-refractivity contribution in [3.8, 4) is 0 Å². The van der Waals surface area contributed by atoms with Crippen molar-refractivity contribution in [1.29, 1.82) is 0 Å². The summed E-state index contributed by atoms with van der Waals surface area (Å²) in [6.07, 6.45) is -18.1. The summed E-state index contributed by atoms with van der Waals surface area (Å²) in [4.78, 5) is 68.2. The molecule has 7 fully saturated rings. The van der Waals surface area contributed by atoms with Gasteiger partial charge in [0.25, 0.3) is 0 Å². The Bertz CT molecular complexity index is 2970. The predicted octanol–water partition coefficient (Wildman–Crippen LogP) is 11.3. The number of halogens is 6. The van der Waals surface area contributed by atoms with E-state index in [0.717, 1.165) is 5.56 Å². The highest BCUT2D eigenvalue weighted by Gasteiger charge is 2.58. The topological polar surface area (TPSA) is 336 Å². The number of benzene rings is 1. The lowest BCUT2D eigenvalue weighted by Crippen LogP contribution is -2.67. The summed E-state index contributed by atoms with van der Waals surface area (Å²) in [5.41, 5.74) is 9.85. The van der Waals surface area contributed by atoms with Crippen molar-refractivity contribution in [1.82, 2.24) is 16.0 Å². The van der Waals surface area contributed by atoms with Gasteiger partial charge < -0.3 is 101 Å². The number of carbonyl (C=O) groups is 5. The lowest BCUT2D eigenvalue weighted by molar-refractivity contribution is -0.400. The number of hydrogen-bond acceptors (Lipinski definition) is 24. The van der Waals surface area contributed by atoms with Gasteiger partial charge in [0, 0.05) is 60.8 Å². The van der Waals surface area contributed by atoms with E-state index in [1.807, 2.05) is 92.6 Å². The maximum atomic E-state index is 14.0. The van der Waals surface area contributed by atoms with Crippen LogP contribution in [0.1, 0.15) is 141 Å². The number of nitrogens with zero attached hydrogens (tertiary/aromatic N) is 3. The van der Waals surface area contributed by atoms with Gasteiger partial charge in [0.05, 0.1) is 79.7 Å². The van der Waals surface area contributed by atoms with Crippen molar-refractivity contribution in [2.75, 3.05) is 33.2 Å². The second kappa shape index (κ2) is 38.3. The smallest absolute Gasteiger partial charge is 0.407 e. The Labute approximate surface area is 631 Å². The summed E-state index contributed by atoms with van der Waals surface area (Å²) < 4.78 is 114. The first kappa shape index (κ1) is 85.3. The van der Waals surface area contributed by atoms with E-state index in [1.54, 1.807) is 6.92 Å². The molecule has 7 aliphatic rings. The van der Waals surface area contributed by atoms with Gasteiger partial charge in [0.2, 0.25) is 13.5 Å². The van der Waals surface area contributed by atoms with Crippen LogP contribution >= 0.6 is 69.6 Å². The zero-order valence-corrected chi connectivity index (χ0v) is 65.2. The molecular formula is C68H102Cl6N6O23. The van der Waals surface area contributed by atoms with Crippen LogP contribution in [-0.4, -0.2) is 206 Å². The Morgan fingerprint density at radius 3 is 1.45 bits per heavy atom. The van der Waals surface area contributed by atoms with Gasteiger partial charge in [-0.15, -0.1) is 0 Å². The van der Waals surface area contributed by atoms with E-state index in [1.165, 1.54) is 20.8 Å². The van der Waals surface area contributed by atoms with E-state index < -0.39 is 211 Å². The van der Waals surface area contributed by atoms with Crippen LogP contribution in [0.5, 0.6) is 0 Å². The largest absolute Gasteiger partial charge is 0.463 e. The summed E-state index contributed by atoms with van der Waals surface area (Å²) in [6, 6.07) is 6.47. The van der Waals surface area contributed by atoms with Crippen molar-refractivity contribution in [2.24, 2.45) is 52.5 Å². The molecule has 0 radical (unpaired) electrons. The first-order chi connectivity index (χ1) is 48.7. The van der Waals surface area contributed by atoms with Gasteiger partial charge in [-0.3, -0.25) is 14.4 Å². The molecule has 0 spiro atoms. The molecule has 29 nitrogen and oxygen atoms in total. The molecule has 35 heteroatoms.